The summed E-state index contributed by atoms with van der Waals surface area (Å²) < 4.78 is 0. The maximum Gasteiger partial charge on any atom is 0.0266 e. The highest BCUT2D eigenvalue weighted by Gasteiger charge is 2.08. The largest absolute Gasteiger partial charge is 0.102 e. The first-order valence-corrected chi connectivity index (χ1v) is 5.14. The van der Waals surface area contributed by atoms with E-state index in [-0.39, 0.29) is 0 Å². The number of hydrogen-bond donors (Lipinski definition) is 0. The normalized spacial score (nSPS) is 10.2. The lowest BCUT2D eigenvalue weighted by molar-refractivity contribution is 1.03. The topological polar surface area (TPSA) is 0 Å². The first kappa shape index (κ1) is 9.72. The highest BCUT2D eigenvalue weighted by molar-refractivity contribution is 5.35. The van der Waals surface area contributed by atoms with Crippen molar-refractivity contribution in [2.45, 2.75) is 5.92 Å². The van der Waals surface area contributed by atoms with Crippen LogP contribution in [0.15, 0.2) is 73.3 Å². The van der Waals surface area contributed by atoms with Gasteiger partial charge in [-0.05, 0) is 11.1 Å². The molecule has 0 N–H and O–H groups in total. The molecule has 0 saturated carbocycles. The molecule has 0 aliphatic rings. The molecule has 2 rings (SSSR count). The first-order chi connectivity index (χ1) is 7.42. The van der Waals surface area contributed by atoms with Crippen molar-refractivity contribution >= 4 is 0 Å². The highest BCUT2D eigenvalue weighted by atomic mass is 14.6. The predicted molar refractivity (Wildman–Crippen MR) is 64.9 cm³/mol. The van der Waals surface area contributed by atoms with E-state index in [1.807, 2.05) is 18.2 Å². The number of rotatable bonds is 3. The van der Waals surface area contributed by atoms with Crippen LogP contribution in [0.2, 0.25) is 0 Å². The minimum Gasteiger partial charge on any atom is -0.102 e. The van der Waals surface area contributed by atoms with Crippen molar-refractivity contribution in [2.75, 3.05) is 0 Å². The van der Waals surface area contributed by atoms with Gasteiger partial charge in [0.2, 0.25) is 0 Å². The van der Waals surface area contributed by atoms with Crippen molar-refractivity contribution < 1.29 is 0 Å². The second-order valence-corrected chi connectivity index (χ2v) is 3.53. The summed E-state index contributed by atoms with van der Waals surface area (Å²) in [7, 11) is 0. The Morgan fingerprint density at radius 1 is 0.733 bits per heavy atom. The Hall–Kier alpha value is -1.82. The fourth-order valence-corrected chi connectivity index (χ4v) is 1.79. The van der Waals surface area contributed by atoms with Gasteiger partial charge in [0.05, 0.1) is 0 Å². The third-order valence-electron chi connectivity index (χ3n) is 2.55. The van der Waals surface area contributed by atoms with Crippen LogP contribution in [0.5, 0.6) is 0 Å². The lowest BCUT2D eigenvalue weighted by Gasteiger charge is -2.12. The van der Waals surface area contributed by atoms with Crippen LogP contribution in [-0.4, -0.2) is 0 Å². The van der Waals surface area contributed by atoms with Crippen LogP contribution in [0, 0.1) is 0 Å². The fraction of sp³-hybridized carbons (Fsp3) is 0.0667. The van der Waals surface area contributed by atoms with Crippen molar-refractivity contribution in [2.24, 2.45) is 0 Å². The Labute approximate surface area is 90.9 Å². The SMILES string of the molecule is C=CC([13c]1ccccc1)[13c]1ccccc1. The van der Waals surface area contributed by atoms with Gasteiger partial charge in [-0.25, -0.2) is 0 Å². The molecular weight excluding hydrogens is 182 g/mol. The molecule has 0 bridgehead atoms. The Balaban J connectivity index is 2.38. The zero-order valence-corrected chi connectivity index (χ0v) is 8.64. The summed E-state index contributed by atoms with van der Waals surface area (Å²) in [5.74, 6) is 0.299. The molecule has 0 aliphatic heterocycles. The molecule has 0 amide bonds. The van der Waals surface area contributed by atoms with Crippen LogP contribution in [-0.2, 0) is 0 Å². The molecule has 0 saturated heterocycles. The number of hydrogen-bond acceptors (Lipinski definition) is 0. The quantitative estimate of drug-likeness (QED) is 0.651. The van der Waals surface area contributed by atoms with Gasteiger partial charge in [0.1, 0.15) is 0 Å². The van der Waals surface area contributed by atoms with Gasteiger partial charge in [0.25, 0.3) is 0 Å². The molecule has 0 nitrogen and oxygen atoms in total. The molecule has 74 valence electrons. The first-order valence-electron chi connectivity index (χ1n) is 5.14. The number of benzene rings is 2. The molecule has 2 aromatic carbocycles. The molecule has 0 aliphatic carbocycles. The summed E-state index contributed by atoms with van der Waals surface area (Å²) in [6.07, 6.45) is 1.99. The second-order valence-electron chi connectivity index (χ2n) is 3.53. The maximum atomic E-state index is 3.91. The van der Waals surface area contributed by atoms with Crippen LogP contribution in [0.25, 0.3) is 0 Å². The molecule has 0 aromatic heterocycles. The monoisotopic (exact) mass is 196 g/mol. The van der Waals surface area contributed by atoms with Crippen molar-refractivity contribution in [3.05, 3.63) is 84.4 Å². The summed E-state index contributed by atoms with van der Waals surface area (Å²) in [6.45, 7) is 3.91. The zero-order chi connectivity index (χ0) is 10.5. The molecule has 0 heteroatoms. The number of allylic oxidation sites excluding steroid dienone is 1. The molecule has 0 fully saturated rings. The van der Waals surface area contributed by atoms with Gasteiger partial charge in [-0.3, -0.25) is 0 Å². The van der Waals surface area contributed by atoms with Crippen LogP contribution in [0.1, 0.15) is 17.0 Å². The molecular formula is C15H14. The summed E-state index contributed by atoms with van der Waals surface area (Å²) in [4.78, 5) is 0. The fourth-order valence-electron chi connectivity index (χ4n) is 1.79. The predicted octanol–water partition coefficient (Wildman–Crippen LogP) is 4.00. The average Bonchev–Trinajstić information content (AvgIpc) is 2.33. The van der Waals surface area contributed by atoms with Crippen LogP contribution >= 0.6 is 0 Å². The van der Waals surface area contributed by atoms with E-state index in [0.29, 0.717) is 5.92 Å². The van der Waals surface area contributed by atoms with Crippen molar-refractivity contribution in [1.29, 1.82) is 0 Å². The third kappa shape index (κ3) is 2.16. The van der Waals surface area contributed by atoms with E-state index in [1.165, 1.54) is 11.1 Å². The Kier molecular flexibility index (Phi) is 2.99. The van der Waals surface area contributed by atoms with Crippen LogP contribution < -0.4 is 0 Å². The van der Waals surface area contributed by atoms with E-state index in [4.69, 9.17) is 0 Å². The molecule has 0 radical (unpaired) electrons. The summed E-state index contributed by atoms with van der Waals surface area (Å²) in [5, 5.41) is 0. The van der Waals surface area contributed by atoms with E-state index in [0.717, 1.165) is 0 Å². The minimum atomic E-state index is 0.299. The van der Waals surface area contributed by atoms with Crippen molar-refractivity contribution in [3.8, 4) is 0 Å². The van der Waals surface area contributed by atoms with E-state index in [2.05, 4.69) is 55.1 Å². The van der Waals surface area contributed by atoms with Crippen LogP contribution in [0.3, 0.4) is 0 Å². The van der Waals surface area contributed by atoms with Gasteiger partial charge in [0.15, 0.2) is 0 Å². The Morgan fingerprint density at radius 2 is 1.13 bits per heavy atom. The lowest BCUT2D eigenvalue weighted by atomic mass is 10.2. The highest BCUT2D eigenvalue weighted by Crippen LogP contribution is 2.24. The molecule has 0 atom stereocenters. The van der Waals surface area contributed by atoms with Gasteiger partial charge in [-0.15, -0.1) is 6.58 Å². The molecule has 0 unspecified atom stereocenters. The molecule has 0 spiro atoms. The van der Waals surface area contributed by atoms with Gasteiger partial charge >= 0.3 is 0 Å². The Bertz CT molecular complexity index is 375. The Morgan fingerprint density at radius 3 is 1.47 bits per heavy atom. The summed E-state index contributed by atoms with van der Waals surface area (Å²) in [5.41, 5.74) is 2.58. The zero-order valence-electron chi connectivity index (χ0n) is 8.64. The third-order valence-corrected chi connectivity index (χ3v) is 2.55. The van der Waals surface area contributed by atoms with E-state index < -0.39 is 0 Å². The summed E-state index contributed by atoms with van der Waals surface area (Å²) >= 11 is 0. The van der Waals surface area contributed by atoms with Gasteiger partial charge in [0, 0.05) is 5.92 Å². The standard InChI is InChI=1S/C15H14/c1-2-15(13-9-5-3-6-10-13)14-11-7-4-8-12-14/h2-12,15H,1H2/i13+1,14+1. The van der Waals surface area contributed by atoms with E-state index >= 15 is 0 Å². The minimum absolute atomic E-state index is 0.299. The summed E-state index contributed by atoms with van der Waals surface area (Å²) in [6, 6.07) is 20.9. The molecule has 0 heterocycles. The molecule has 2 aromatic rings. The smallest absolute Gasteiger partial charge is 0.0266 e. The van der Waals surface area contributed by atoms with Gasteiger partial charge < -0.3 is 0 Å². The van der Waals surface area contributed by atoms with Crippen molar-refractivity contribution in [3.63, 3.8) is 0 Å². The van der Waals surface area contributed by atoms with Gasteiger partial charge in [-0.1, -0.05) is 66.7 Å². The lowest BCUT2D eigenvalue weighted by Crippen LogP contribution is -1.96. The average molecular weight is 196 g/mol. The van der Waals surface area contributed by atoms with Gasteiger partial charge in [-0.2, -0.15) is 0 Å². The maximum absolute atomic E-state index is 3.91. The van der Waals surface area contributed by atoms with Crippen LogP contribution in [0.4, 0.5) is 0 Å². The molecule has 15 heavy (non-hydrogen) atoms. The van der Waals surface area contributed by atoms with E-state index in [1.54, 1.807) is 0 Å². The van der Waals surface area contributed by atoms with E-state index in [9.17, 15) is 0 Å². The second kappa shape index (κ2) is 4.61. The van der Waals surface area contributed by atoms with Crippen molar-refractivity contribution in [1.82, 2.24) is 0 Å².